The fourth-order valence-electron chi connectivity index (χ4n) is 3.73. The Bertz CT molecular complexity index is 1130. The standard InChI is InChI=1S/C23H27N5/c1-3-5-6-20-27-21-22(18-13-17(24)11-12-19(18)26-23(21)25)28(20)14-16-9-7-15(4-2)8-10-16/h7-13H,3-6,14,24H2,1-2H3,(H2,25,26). The number of rotatable bonds is 6. The lowest BCUT2D eigenvalue weighted by Gasteiger charge is -2.12. The normalized spacial score (nSPS) is 11.5. The predicted molar refractivity (Wildman–Crippen MR) is 117 cm³/mol. The average molecular weight is 374 g/mol. The van der Waals surface area contributed by atoms with Gasteiger partial charge in [0.15, 0.2) is 5.82 Å². The van der Waals surface area contributed by atoms with E-state index in [1.165, 1.54) is 11.1 Å². The molecule has 0 saturated carbocycles. The van der Waals surface area contributed by atoms with Gasteiger partial charge >= 0.3 is 0 Å². The summed E-state index contributed by atoms with van der Waals surface area (Å²) in [6.45, 7) is 5.13. The number of nitrogens with two attached hydrogens (primary N) is 2. The number of pyridine rings is 1. The monoisotopic (exact) mass is 373 g/mol. The van der Waals surface area contributed by atoms with Gasteiger partial charge < -0.3 is 16.0 Å². The molecule has 0 saturated heterocycles. The molecule has 2 aromatic carbocycles. The van der Waals surface area contributed by atoms with E-state index in [0.717, 1.165) is 65.7 Å². The lowest BCUT2D eigenvalue weighted by atomic mass is 10.1. The zero-order valence-electron chi connectivity index (χ0n) is 16.6. The van der Waals surface area contributed by atoms with Crippen molar-refractivity contribution in [2.45, 2.75) is 46.1 Å². The maximum Gasteiger partial charge on any atom is 0.152 e. The number of hydrogen-bond donors (Lipinski definition) is 2. The predicted octanol–water partition coefficient (Wildman–Crippen LogP) is 4.70. The van der Waals surface area contributed by atoms with E-state index in [0.29, 0.717) is 5.82 Å². The number of unbranched alkanes of at least 4 members (excludes halogenated alkanes) is 1. The zero-order valence-corrected chi connectivity index (χ0v) is 16.6. The Kier molecular flexibility index (Phi) is 4.90. The summed E-state index contributed by atoms with van der Waals surface area (Å²) < 4.78 is 2.30. The molecule has 0 aliphatic rings. The van der Waals surface area contributed by atoms with Crippen molar-refractivity contribution in [1.82, 2.24) is 14.5 Å². The van der Waals surface area contributed by atoms with Crippen LogP contribution in [0.15, 0.2) is 42.5 Å². The van der Waals surface area contributed by atoms with Crippen molar-refractivity contribution in [1.29, 1.82) is 0 Å². The number of fused-ring (bicyclic) bond motifs is 3. The molecular formula is C23H27N5. The van der Waals surface area contributed by atoms with E-state index in [9.17, 15) is 0 Å². The van der Waals surface area contributed by atoms with Crippen LogP contribution in [0.4, 0.5) is 11.5 Å². The minimum absolute atomic E-state index is 0.477. The molecule has 0 bridgehead atoms. The molecule has 0 aliphatic carbocycles. The van der Waals surface area contributed by atoms with Crippen molar-refractivity contribution in [3.63, 3.8) is 0 Å². The van der Waals surface area contributed by atoms with Crippen molar-refractivity contribution in [3.05, 3.63) is 59.4 Å². The fourth-order valence-corrected chi connectivity index (χ4v) is 3.73. The number of hydrogen-bond acceptors (Lipinski definition) is 4. The molecule has 0 atom stereocenters. The minimum Gasteiger partial charge on any atom is -0.399 e. The van der Waals surface area contributed by atoms with Gasteiger partial charge in [-0.15, -0.1) is 0 Å². The summed E-state index contributed by atoms with van der Waals surface area (Å²) in [4.78, 5) is 9.45. The Labute approximate surface area is 165 Å². The molecule has 4 rings (SSSR count). The van der Waals surface area contributed by atoms with Gasteiger partial charge in [0.05, 0.1) is 11.0 Å². The highest BCUT2D eigenvalue weighted by Gasteiger charge is 2.17. The van der Waals surface area contributed by atoms with Crippen LogP contribution in [0.1, 0.15) is 43.6 Å². The van der Waals surface area contributed by atoms with Gasteiger partial charge in [-0.05, 0) is 42.2 Å². The lowest BCUT2D eigenvalue weighted by molar-refractivity contribution is 0.690. The zero-order chi connectivity index (χ0) is 19.7. The van der Waals surface area contributed by atoms with E-state index in [4.69, 9.17) is 16.5 Å². The summed E-state index contributed by atoms with van der Waals surface area (Å²) in [7, 11) is 0. The summed E-state index contributed by atoms with van der Waals surface area (Å²) in [5.74, 6) is 1.53. The lowest BCUT2D eigenvalue weighted by Crippen LogP contribution is -2.06. The second-order valence-electron chi connectivity index (χ2n) is 7.36. The van der Waals surface area contributed by atoms with Crippen LogP contribution in [0, 0.1) is 0 Å². The molecule has 0 fully saturated rings. The Morgan fingerprint density at radius 3 is 2.39 bits per heavy atom. The first-order valence-corrected chi connectivity index (χ1v) is 10.0. The van der Waals surface area contributed by atoms with Crippen LogP contribution in [0.5, 0.6) is 0 Å². The van der Waals surface area contributed by atoms with E-state index in [2.05, 4.69) is 47.7 Å². The van der Waals surface area contributed by atoms with Crippen molar-refractivity contribution in [3.8, 4) is 0 Å². The SMILES string of the molecule is CCCCc1nc2c(N)nc3ccc(N)cc3c2n1Cc1ccc(CC)cc1. The summed E-state index contributed by atoms with van der Waals surface area (Å²) in [6, 6.07) is 14.6. The Morgan fingerprint density at radius 1 is 0.929 bits per heavy atom. The third-order valence-electron chi connectivity index (χ3n) is 5.33. The molecule has 28 heavy (non-hydrogen) atoms. The summed E-state index contributed by atoms with van der Waals surface area (Å²) in [5, 5.41) is 1.00. The van der Waals surface area contributed by atoms with Gasteiger partial charge in [-0.25, -0.2) is 9.97 Å². The Morgan fingerprint density at radius 2 is 1.68 bits per heavy atom. The number of nitrogen functional groups attached to an aromatic ring is 2. The molecule has 5 heteroatoms. The maximum atomic E-state index is 6.28. The van der Waals surface area contributed by atoms with Gasteiger partial charge in [-0.1, -0.05) is 44.5 Å². The second-order valence-corrected chi connectivity index (χ2v) is 7.36. The highest BCUT2D eigenvalue weighted by Crippen LogP contribution is 2.31. The third kappa shape index (κ3) is 3.28. The summed E-state index contributed by atoms with van der Waals surface area (Å²) in [5.41, 5.74) is 18.3. The van der Waals surface area contributed by atoms with Crippen molar-refractivity contribution < 1.29 is 0 Å². The Balaban J connectivity index is 1.93. The molecule has 0 unspecified atom stereocenters. The van der Waals surface area contributed by atoms with E-state index >= 15 is 0 Å². The molecule has 0 amide bonds. The number of nitrogens with zero attached hydrogens (tertiary/aromatic N) is 3. The average Bonchev–Trinajstić information content (AvgIpc) is 3.07. The van der Waals surface area contributed by atoms with Gasteiger partial charge in [-0.3, -0.25) is 0 Å². The van der Waals surface area contributed by atoms with E-state index in [1.54, 1.807) is 0 Å². The van der Waals surface area contributed by atoms with Gasteiger partial charge in [0.1, 0.15) is 11.3 Å². The van der Waals surface area contributed by atoms with Crippen LogP contribution in [-0.4, -0.2) is 14.5 Å². The van der Waals surface area contributed by atoms with Crippen LogP contribution in [0.3, 0.4) is 0 Å². The molecule has 0 spiro atoms. The first-order valence-electron chi connectivity index (χ1n) is 10.0. The minimum atomic E-state index is 0.477. The topological polar surface area (TPSA) is 82.8 Å². The van der Waals surface area contributed by atoms with E-state index in [-0.39, 0.29) is 0 Å². The number of aryl methyl sites for hydroxylation is 2. The summed E-state index contributed by atoms with van der Waals surface area (Å²) >= 11 is 0. The molecule has 2 aromatic heterocycles. The van der Waals surface area contributed by atoms with Gasteiger partial charge in [0, 0.05) is 24.0 Å². The third-order valence-corrected chi connectivity index (χ3v) is 5.33. The molecule has 5 nitrogen and oxygen atoms in total. The molecule has 0 aliphatic heterocycles. The number of imidazole rings is 1. The highest BCUT2D eigenvalue weighted by atomic mass is 15.1. The molecule has 2 heterocycles. The molecule has 4 aromatic rings. The molecular weight excluding hydrogens is 346 g/mol. The van der Waals surface area contributed by atoms with Crippen LogP contribution in [-0.2, 0) is 19.4 Å². The van der Waals surface area contributed by atoms with Crippen LogP contribution in [0.25, 0.3) is 21.9 Å². The van der Waals surface area contributed by atoms with Crippen molar-refractivity contribution >= 4 is 33.4 Å². The fraction of sp³-hybridized carbons (Fsp3) is 0.304. The van der Waals surface area contributed by atoms with E-state index < -0.39 is 0 Å². The second kappa shape index (κ2) is 7.50. The van der Waals surface area contributed by atoms with Crippen LogP contribution in [0.2, 0.25) is 0 Å². The first kappa shape index (κ1) is 18.3. The molecule has 4 N–H and O–H groups in total. The molecule has 0 radical (unpaired) electrons. The van der Waals surface area contributed by atoms with Crippen molar-refractivity contribution in [2.24, 2.45) is 0 Å². The Hall–Kier alpha value is -3.08. The van der Waals surface area contributed by atoms with Gasteiger partial charge in [0.25, 0.3) is 0 Å². The molecule has 144 valence electrons. The number of benzene rings is 2. The van der Waals surface area contributed by atoms with Crippen LogP contribution >= 0.6 is 0 Å². The largest absolute Gasteiger partial charge is 0.399 e. The smallest absolute Gasteiger partial charge is 0.152 e. The van der Waals surface area contributed by atoms with Crippen LogP contribution < -0.4 is 11.5 Å². The quantitative estimate of drug-likeness (QED) is 0.480. The van der Waals surface area contributed by atoms with E-state index in [1.807, 2.05) is 18.2 Å². The first-order chi connectivity index (χ1) is 13.6. The number of aromatic nitrogens is 3. The summed E-state index contributed by atoms with van der Waals surface area (Å²) in [6.07, 6.45) is 4.17. The number of anilines is 2. The highest BCUT2D eigenvalue weighted by molar-refractivity contribution is 6.07. The van der Waals surface area contributed by atoms with Gasteiger partial charge in [0.2, 0.25) is 0 Å². The van der Waals surface area contributed by atoms with Gasteiger partial charge in [-0.2, -0.15) is 0 Å². The van der Waals surface area contributed by atoms with Crippen molar-refractivity contribution in [2.75, 3.05) is 11.5 Å². The maximum absolute atomic E-state index is 6.28.